The van der Waals surface area contributed by atoms with Gasteiger partial charge in [-0.15, -0.1) is 0 Å². The molecule has 0 aromatic carbocycles. The van der Waals surface area contributed by atoms with Crippen LogP contribution in [0.15, 0.2) is 12.2 Å². The van der Waals surface area contributed by atoms with Crippen molar-refractivity contribution in [1.29, 1.82) is 0 Å². The summed E-state index contributed by atoms with van der Waals surface area (Å²) >= 11 is 0. The Balaban J connectivity index is 4.02. The average Bonchev–Trinajstić information content (AvgIpc) is 3.19. The van der Waals surface area contributed by atoms with Gasteiger partial charge in [-0.2, -0.15) is 0 Å². The van der Waals surface area contributed by atoms with Gasteiger partial charge in [0.1, 0.15) is 19.3 Å². The first-order chi connectivity index (χ1) is 28.6. The van der Waals surface area contributed by atoms with Crippen molar-refractivity contribution in [3.05, 3.63) is 12.2 Å². The molecule has 0 aliphatic carbocycles. The van der Waals surface area contributed by atoms with Gasteiger partial charge in [0.2, 0.25) is 0 Å². The number of likely N-dealkylation sites (N-methyl/N-ethyl adjacent to an activating group) is 1. The second-order valence-corrected chi connectivity index (χ2v) is 20.0. The Morgan fingerprint density at radius 1 is 0.508 bits per heavy atom. The van der Waals surface area contributed by atoms with E-state index >= 15 is 0 Å². The monoisotopic (exact) mass is 859 g/mol. The van der Waals surface area contributed by atoms with Crippen LogP contribution in [0.25, 0.3) is 0 Å². The highest BCUT2D eigenvalue weighted by Gasteiger charge is 2.26. The van der Waals surface area contributed by atoms with E-state index in [9.17, 15) is 14.3 Å². The van der Waals surface area contributed by atoms with Crippen molar-refractivity contribution in [3.63, 3.8) is 0 Å². The van der Waals surface area contributed by atoms with Gasteiger partial charge < -0.3 is 18.9 Å². The number of quaternary nitrogens is 1. The summed E-state index contributed by atoms with van der Waals surface area (Å²) in [6.07, 6.45) is 49.7. The molecule has 2 unspecified atom stereocenters. The summed E-state index contributed by atoms with van der Waals surface area (Å²) in [6, 6.07) is 0. The maximum atomic E-state index is 12.7. The molecule has 0 aliphatic rings. The molecular weight excluding hydrogens is 758 g/mol. The number of rotatable bonds is 48. The summed E-state index contributed by atoms with van der Waals surface area (Å²) in [6.45, 7) is 5.67. The van der Waals surface area contributed by atoms with E-state index in [0.717, 1.165) is 32.1 Å². The van der Waals surface area contributed by atoms with Crippen LogP contribution in [0, 0.1) is 0 Å². The molecule has 0 bridgehead atoms. The first kappa shape index (κ1) is 58.2. The van der Waals surface area contributed by atoms with Crippen molar-refractivity contribution in [3.8, 4) is 0 Å². The van der Waals surface area contributed by atoms with Gasteiger partial charge in [0, 0.05) is 13.0 Å². The molecule has 0 amide bonds. The Hall–Kier alpha value is -0.760. The highest BCUT2D eigenvalue weighted by Crippen LogP contribution is 2.43. The summed E-state index contributed by atoms with van der Waals surface area (Å²) in [5, 5.41) is 0. The Kier molecular flexibility index (Phi) is 43.3. The second-order valence-electron chi connectivity index (χ2n) is 18.6. The van der Waals surface area contributed by atoms with Gasteiger partial charge in [0.25, 0.3) is 0 Å². The summed E-state index contributed by atoms with van der Waals surface area (Å²) in [5.41, 5.74) is 0. The van der Waals surface area contributed by atoms with Crippen LogP contribution >= 0.6 is 7.82 Å². The van der Waals surface area contributed by atoms with E-state index in [4.69, 9.17) is 18.5 Å². The summed E-state index contributed by atoms with van der Waals surface area (Å²) in [7, 11) is 1.68. The van der Waals surface area contributed by atoms with E-state index in [-0.39, 0.29) is 25.8 Å². The van der Waals surface area contributed by atoms with E-state index in [2.05, 4.69) is 26.0 Å². The molecule has 0 saturated heterocycles. The first-order valence-electron chi connectivity index (χ1n) is 25.4. The number of hydrogen-bond donors (Lipinski definition) is 1. The molecule has 0 saturated carbocycles. The second kappa shape index (κ2) is 43.9. The first-order valence-corrected chi connectivity index (χ1v) is 26.9. The van der Waals surface area contributed by atoms with Gasteiger partial charge in [-0.1, -0.05) is 212 Å². The van der Waals surface area contributed by atoms with Crippen LogP contribution in [0.1, 0.15) is 245 Å². The summed E-state index contributed by atoms with van der Waals surface area (Å²) < 4.78 is 35.1. The maximum absolute atomic E-state index is 12.7. The van der Waals surface area contributed by atoms with Crippen molar-refractivity contribution in [2.45, 2.75) is 251 Å². The molecule has 0 radical (unpaired) electrons. The topological polar surface area (TPSA) is 91.3 Å². The van der Waals surface area contributed by atoms with Crippen molar-refractivity contribution >= 4 is 13.8 Å². The number of allylic oxidation sites excluding steroid dienone is 2. The standard InChI is InChI=1S/C50H100NO7P/c1-6-8-10-12-14-16-18-20-21-22-23-24-25-26-27-28-29-30-31-32-33-35-37-39-41-43-50(52)58-49(48-57-59(53,54)56-46-44-51(3,4)5)47-55-45-42-40-38-36-34-19-17-15-13-11-9-7-2/h22-23,49H,6-21,24-48H2,1-5H3/p+1/b23-22-. The summed E-state index contributed by atoms with van der Waals surface area (Å²) in [5.74, 6) is -0.308. The molecule has 0 fully saturated rings. The molecule has 0 aliphatic heterocycles. The molecule has 0 heterocycles. The maximum Gasteiger partial charge on any atom is 0.472 e. The Morgan fingerprint density at radius 2 is 0.881 bits per heavy atom. The number of ether oxygens (including phenoxy) is 2. The highest BCUT2D eigenvalue weighted by atomic mass is 31.2. The van der Waals surface area contributed by atoms with Crippen molar-refractivity contribution in [1.82, 2.24) is 0 Å². The third-order valence-corrected chi connectivity index (χ3v) is 12.3. The SMILES string of the molecule is CCCCCCCCCC/C=C\CCCCCCCCCCCCCCCC(=O)OC(COCCCCCCCCCCCCCC)COP(=O)(O)OCC[N+](C)(C)C. The molecule has 9 heteroatoms. The number of hydrogen-bond acceptors (Lipinski definition) is 6. The molecule has 0 rings (SSSR count). The lowest BCUT2D eigenvalue weighted by atomic mass is 10.0. The minimum atomic E-state index is -4.27. The predicted molar refractivity (Wildman–Crippen MR) is 252 cm³/mol. The van der Waals surface area contributed by atoms with Gasteiger partial charge in [-0.05, 0) is 38.5 Å². The van der Waals surface area contributed by atoms with E-state index in [0.29, 0.717) is 24.1 Å². The van der Waals surface area contributed by atoms with Crippen molar-refractivity contribution in [2.24, 2.45) is 0 Å². The Morgan fingerprint density at radius 3 is 1.29 bits per heavy atom. The van der Waals surface area contributed by atoms with E-state index in [1.165, 1.54) is 193 Å². The lowest BCUT2D eigenvalue weighted by Crippen LogP contribution is -2.37. The molecule has 352 valence electrons. The summed E-state index contributed by atoms with van der Waals surface area (Å²) in [4.78, 5) is 23.0. The zero-order valence-corrected chi connectivity index (χ0v) is 40.9. The molecule has 0 aromatic rings. The highest BCUT2D eigenvalue weighted by molar-refractivity contribution is 7.47. The molecular formula is C50H101NO7P+. The van der Waals surface area contributed by atoms with Gasteiger partial charge in [0.15, 0.2) is 0 Å². The molecule has 1 N–H and O–H groups in total. The molecule has 8 nitrogen and oxygen atoms in total. The van der Waals surface area contributed by atoms with Crippen molar-refractivity contribution in [2.75, 3.05) is 54.1 Å². The normalized spacial score (nSPS) is 13.7. The minimum Gasteiger partial charge on any atom is -0.457 e. The van der Waals surface area contributed by atoms with Crippen LogP contribution < -0.4 is 0 Å². The van der Waals surface area contributed by atoms with Crippen LogP contribution in [-0.2, 0) is 27.9 Å². The van der Waals surface area contributed by atoms with Crippen LogP contribution in [0.4, 0.5) is 0 Å². The van der Waals surface area contributed by atoms with Crippen LogP contribution in [0.3, 0.4) is 0 Å². The zero-order valence-electron chi connectivity index (χ0n) is 40.0. The third-order valence-electron chi connectivity index (χ3n) is 11.3. The van der Waals surface area contributed by atoms with Gasteiger partial charge in [-0.3, -0.25) is 13.8 Å². The van der Waals surface area contributed by atoms with E-state index in [1.54, 1.807) is 0 Å². The molecule has 0 aromatic heterocycles. The zero-order chi connectivity index (χ0) is 43.4. The van der Waals surface area contributed by atoms with Crippen LogP contribution in [-0.4, -0.2) is 75.6 Å². The number of phosphoric acid groups is 1. The fourth-order valence-electron chi connectivity index (χ4n) is 7.37. The smallest absolute Gasteiger partial charge is 0.457 e. The number of nitrogens with zero attached hydrogens (tertiary/aromatic N) is 1. The number of carbonyl (C=O) groups is 1. The predicted octanol–water partition coefficient (Wildman–Crippen LogP) is 15.4. The van der Waals surface area contributed by atoms with Crippen LogP contribution in [0.2, 0.25) is 0 Å². The lowest BCUT2D eigenvalue weighted by molar-refractivity contribution is -0.870. The number of esters is 1. The van der Waals surface area contributed by atoms with Crippen LogP contribution in [0.5, 0.6) is 0 Å². The number of phosphoric ester groups is 1. The van der Waals surface area contributed by atoms with Gasteiger partial charge in [0.05, 0.1) is 34.4 Å². The van der Waals surface area contributed by atoms with Gasteiger partial charge in [-0.25, -0.2) is 4.57 Å². The molecule has 2 atom stereocenters. The minimum absolute atomic E-state index is 0.0924. The van der Waals surface area contributed by atoms with Crippen molar-refractivity contribution < 1.29 is 37.3 Å². The fraction of sp³-hybridized carbons (Fsp3) is 0.940. The molecule has 59 heavy (non-hydrogen) atoms. The quantitative estimate of drug-likeness (QED) is 0.0214. The lowest BCUT2D eigenvalue weighted by Gasteiger charge is -2.24. The number of unbranched alkanes of at least 4 members (excludes halogenated alkanes) is 32. The average molecular weight is 859 g/mol. The Labute approximate surface area is 367 Å². The Bertz CT molecular complexity index is 956. The number of carbonyl (C=O) groups excluding carboxylic acids is 1. The molecule has 0 spiro atoms. The fourth-order valence-corrected chi connectivity index (χ4v) is 8.11. The van der Waals surface area contributed by atoms with Gasteiger partial charge >= 0.3 is 13.8 Å². The van der Waals surface area contributed by atoms with E-state index in [1.807, 2.05) is 21.1 Å². The van der Waals surface area contributed by atoms with E-state index < -0.39 is 13.9 Å². The largest absolute Gasteiger partial charge is 0.472 e. The third kappa shape index (κ3) is 48.1.